The first-order valence-corrected chi connectivity index (χ1v) is 10.8. The maximum absolute atomic E-state index is 14.3. The second-order valence-corrected chi connectivity index (χ2v) is 8.50. The van der Waals surface area contributed by atoms with Gasteiger partial charge in [-0.2, -0.15) is 0 Å². The summed E-state index contributed by atoms with van der Waals surface area (Å²) >= 11 is 0. The number of aryl methyl sites for hydroxylation is 1. The second-order valence-electron chi connectivity index (χ2n) is 8.50. The molecule has 1 N–H and O–H groups in total. The fraction of sp³-hybridized carbons (Fsp3) is 0.259. The predicted octanol–water partition coefficient (Wildman–Crippen LogP) is 4.23. The molecule has 0 bridgehead atoms. The molecule has 0 saturated carbocycles. The summed E-state index contributed by atoms with van der Waals surface area (Å²) in [6.07, 6.45) is 0. The van der Waals surface area contributed by atoms with Gasteiger partial charge in [-0.15, -0.1) is 0 Å². The fourth-order valence-electron chi connectivity index (χ4n) is 5.40. The highest BCUT2D eigenvalue weighted by Gasteiger charge is 2.64. The van der Waals surface area contributed by atoms with Gasteiger partial charge in [0.2, 0.25) is 0 Å². The summed E-state index contributed by atoms with van der Waals surface area (Å²) < 4.78 is 11.4. The van der Waals surface area contributed by atoms with E-state index in [0.29, 0.717) is 11.3 Å². The molecule has 5 nitrogen and oxygen atoms in total. The minimum atomic E-state index is -1.01. The molecule has 4 atom stereocenters. The van der Waals surface area contributed by atoms with Crippen molar-refractivity contribution in [1.29, 1.82) is 0 Å². The minimum absolute atomic E-state index is 0.0136. The van der Waals surface area contributed by atoms with Gasteiger partial charge < -0.3 is 9.47 Å². The number of Topliss-reactive ketones (excluding diaryl/α,β-unsaturated/α-hetero) is 1. The van der Waals surface area contributed by atoms with Crippen LogP contribution in [0.15, 0.2) is 78.9 Å². The lowest BCUT2D eigenvalue weighted by molar-refractivity contribution is -0.143. The maximum atomic E-state index is 14.3. The number of carbonyl (C=O) groups excluding carboxylic acids is 2. The van der Waals surface area contributed by atoms with Crippen molar-refractivity contribution in [3.8, 4) is 5.75 Å². The molecule has 0 radical (unpaired) electrons. The van der Waals surface area contributed by atoms with Crippen LogP contribution in [0.4, 0.5) is 0 Å². The zero-order valence-electron chi connectivity index (χ0n) is 18.1. The van der Waals surface area contributed by atoms with Crippen molar-refractivity contribution in [2.45, 2.75) is 24.9 Å². The Morgan fingerprint density at radius 3 is 2.44 bits per heavy atom. The molecule has 1 fully saturated rings. The number of ether oxygens (including phenoxy) is 2. The molecule has 2 aliphatic rings. The number of nitrogens with one attached hydrogen (secondary N) is 1. The van der Waals surface area contributed by atoms with Gasteiger partial charge in [-0.3, -0.25) is 14.9 Å². The van der Waals surface area contributed by atoms with E-state index in [1.807, 2.05) is 79.7 Å². The molecule has 3 aromatic carbocycles. The van der Waals surface area contributed by atoms with Gasteiger partial charge in [-0.1, -0.05) is 66.7 Å². The van der Waals surface area contributed by atoms with Crippen molar-refractivity contribution in [2.75, 3.05) is 13.7 Å². The molecule has 1 spiro atoms. The average Bonchev–Trinajstić information content (AvgIpc) is 3.17. The number of carbonyl (C=O) groups is 2. The Labute approximate surface area is 187 Å². The third kappa shape index (κ3) is 2.96. The van der Waals surface area contributed by atoms with Gasteiger partial charge in [0.1, 0.15) is 18.4 Å². The molecule has 5 rings (SSSR count). The van der Waals surface area contributed by atoms with Gasteiger partial charge >= 0.3 is 5.97 Å². The number of benzene rings is 3. The van der Waals surface area contributed by atoms with Crippen LogP contribution in [0.1, 0.15) is 39.0 Å². The summed E-state index contributed by atoms with van der Waals surface area (Å²) in [7, 11) is 1.38. The predicted molar refractivity (Wildman–Crippen MR) is 121 cm³/mol. The van der Waals surface area contributed by atoms with Crippen LogP contribution in [0.5, 0.6) is 5.75 Å². The number of rotatable bonds is 3. The van der Waals surface area contributed by atoms with Crippen LogP contribution in [0.25, 0.3) is 0 Å². The number of hydrogen-bond acceptors (Lipinski definition) is 5. The molecule has 2 heterocycles. The van der Waals surface area contributed by atoms with Crippen molar-refractivity contribution >= 4 is 11.8 Å². The highest BCUT2D eigenvalue weighted by molar-refractivity contribution is 6.06. The molecule has 2 aliphatic heterocycles. The van der Waals surface area contributed by atoms with Gasteiger partial charge in [0, 0.05) is 5.92 Å². The number of esters is 1. The van der Waals surface area contributed by atoms with E-state index in [0.717, 1.165) is 16.7 Å². The van der Waals surface area contributed by atoms with E-state index in [9.17, 15) is 9.59 Å². The summed E-state index contributed by atoms with van der Waals surface area (Å²) in [6.45, 7) is 2.19. The highest BCUT2D eigenvalue weighted by atomic mass is 16.5. The van der Waals surface area contributed by atoms with E-state index < -0.39 is 23.4 Å². The van der Waals surface area contributed by atoms with Crippen molar-refractivity contribution in [1.82, 2.24) is 5.32 Å². The lowest BCUT2D eigenvalue weighted by Gasteiger charge is -2.42. The summed E-state index contributed by atoms with van der Waals surface area (Å²) in [4.78, 5) is 27.3. The van der Waals surface area contributed by atoms with Crippen LogP contribution in [0.2, 0.25) is 0 Å². The molecule has 0 aliphatic carbocycles. The van der Waals surface area contributed by atoms with E-state index in [2.05, 4.69) is 5.32 Å². The number of fused-ring (bicyclic) bond motifs is 1. The fourth-order valence-corrected chi connectivity index (χ4v) is 5.40. The quantitative estimate of drug-likeness (QED) is 0.634. The third-order valence-corrected chi connectivity index (χ3v) is 6.88. The minimum Gasteiger partial charge on any atom is -0.492 e. The molecule has 1 saturated heterocycles. The van der Waals surface area contributed by atoms with E-state index in [4.69, 9.17) is 9.47 Å². The Kier molecular flexibility index (Phi) is 5.06. The molecular weight excluding hydrogens is 402 g/mol. The lowest BCUT2D eigenvalue weighted by Crippen LogP contribution is -2.48. The second kappa shape index (κ2) is 7.92. The van der Waals surface area contributed by atoms with E-state index in [-0.39, 0.29) is 18.4 Å². The first-order chi connectivity index (χ1) is 15.6. The molecule has 0 unspecified atom stereocenters. The van der Waals surface area contributed by atoms with Crippen LogP contribution in [-0.4, -0.2) is 31.5 Å². The number of methoxy groups -OCH3 is 1. The van der Waals surface area contributed by atoms with Crippen LogP contribution in [-0.2, 0) is 9.53 Å². The highest BCUT2D eigenvalue weighted by Crippen LogP contribution is 2.57. The Morgan fingerprint density at radius 1 is 1.00 bits per heavy atom. The van der Waals surface area contributed by atoms with Crippen molar-refractivity contribution in [2.24, 2.45) is 5.41 Å². The molecule has 3 aromatic rings. The van der Waals surface area contributed by atoms with Crippen LogP contribution >= 0.6 is 0 Å². The van der Waals surface area contributed by atoms with Crippen molar-refractivity contribution in [3.63, 3.8) is 0 Å². The number of ketones is 1. The van der Waals surface area contributed by atoms with Crippen molar-refractivity contribution in [3.05, 3.63) is 101 Å². The first kappa shape index (κ1) is 20.5. The number of hydrogen-bond donors (Lipinski definition) is 1. The zero-order valence-corrected chi connectivity index (χ0v) is 18.1. The lowest BCUT2D eigenvalue weighted by atomic mass is 9.62. The third-order valence-electron chi connectivity index (χ3n) is 6.88. The Bertz CT molecular complexity index is 1180. The molecule has 5 heteroatoms. The van der Waals surface area contributed by atoms with Crippen LogP contribution in [0.3, 0.4) is 0 Å². The molecule has 0 aromatic heterocycles. The number of para-hydroxylation sites is 1. The van der Waals surface area contributed by atoms with Gasteiger partial charge in [0.15, 0.2) is 5.78 Å². The Balaban J connectivity index is 1.77. The van der Waals surface area contributed by atoms with E-state index in [1.54, 1.807) is 6.07 Å². The molecule has 162 valence electrons. The normalized spacial score (nSPS) is 26.4. The van der Waals surface area contributed by atoms with Gasteiger partial charge in [0.05, 0.1) is 24.1 Å². The van der Waals surface area contributed by atoms with E-state index >= 15 is 0 Å². The van der Waals surface area contributed by atoms with Crippen LogP contribution < -0.4 is 10.1 Å². The van der Waals surface area contributed by atoms with Crippen molar-refractivity contribution < 1.29 is 19.1 Å². The average molecular weight is 428 g/mol. The molecular formula is C27H25NO4. The monoisotopic (exact) mass is 427 g/mol. The van der Waals surface area contributed by atoms with Gasteiger partial charge in [0.25, 0.3) is 0 Å². The van der Waals surface area contributed by atoms with Gasteiger partial charge in [-0.05, 0) is 35.7 Å². The summed E-state index contributed by atoms with van der Waals surface area (Å²) in [5.41, 5.74) is 2.47. The summed E-state index contributed by atoms with van der Waals surface area (Å²) in [5, 5.41) is 3.49. The SMILES string of the molecule is COC(=O)[C@@H]1N[C@H](c2ccccc2C)[C@@]2(COc3ccccc3C2=O)[C@H]1c1ccccc1. The summed E-state index contributed by atoms with van der Waals surface area (Å²) in [5.74, 6) is -0.275. The topological polar surface area (TPSA) is 64.6 Å². The standard InChI is InChI=1S/C27H25NO4/c1-17-10-6-7-13-19(17)24-27(16-32-21-15-9-8-14-20(21)25(27)29)22(18-11-4-3-5-12-18)23(28-24)26(30)31-2/h3-15,22-24,28H,16H2,1-2H3/t22-,23+,24+,27+/m0/s1. The maximum Gasteiger partial charge on any atom is 0.323 e. The zero-order chi connectivity index (χ0) is 22.3. The largest absolute Gasteiger partial charge is 0.492 e. The van der Waals surface area contributed by atoms with Gasteiger partial charge in [-0.25, -0.2) is 0 Å². The van der Waals surface area contributed by atoms with E-state index in [1.165, 1.54) is 7.11 Å². The molecule has 32 heavy (non-hydrogen) atoms. The Hall–Kier alpha value is -3.44. The smallest absolute Gasteiger partial charge is 0.323 e. The van der Waals surface area contributed by atoms with Crippen LogP contribution in [0, 0.1) is 12.3 Å². The Morgan fingerprint density at radius 2 is 1.69 bits per heavy atom. The molecule has 0 amide bonds. The summed E-state index contributed by atoms with van der Waals surface area (Å²) in [6, 6.07) is 23.9. The first-order valence-electron chi connectivity index (χ1n) is 10.8.